The van der Waals surface area contributed by atoms with E-state index < -0.39 is 5.38 Å². The number of hydrogen-bond donors (Lipinski definition) is 0. The van der Waals surface area contributed by atoms with E-state index in [-0.39, 0.29) is 0 Å². The average Bonchev–Trinajstić information content (AvgIpc) is 3.09. The molecule has 6 heteroatoms. The number of rotatable bonds is 3. The van der Waals surface area contributed by atoms with Gasteiger partial charge in [0.25, 0.3) is 5.89 Å². The van der Waals surface area contributed by atoms with Crippen LogP contribution in [0.3, 0.4) is 0 Å². The molecule has 0 bridgehead atoms. The van der Waals surface area contributed by atoms with E-state index in [2.05, 4.69) is 15.2 Å². The topological polar surface area (TPSA) is 51.8 Å². The largest absolute Gasteiger partial charge is 0.417 e. The second-order valence-electron chi connectivity index (χ2n) is 3.59. The van der Waals surface area contributed by atoms with Crippen LogP contribution in [0, 0.1) is 0 Å². The summed E-state index contributed by atoms with van der Waals surface area (Å²) in [6.07, 6.45) is 0. The lowest BCUT2D eigenvalue weighted by Gasteiger charge is -2.03. The van der Waals surface area contributed by atoms with Crippen LogP contribution in [0.2, 0.25) is 0 Å². The molecule has 2 aromatic heterocycles. The second-order valence-corrected chi connectivity index (χ2v) is 4.75. The van der Waals surface area contributed by atoms with Crippen LogP contribution < -0.4 is 0 Å². The monoisotopic (exact) mass is 277 g/mol. The van der Waals surface area contributed by atoms with Crippen molar-refractivity contribution in [2.45, 2.75) is 5.38 Å². The summed E-state index contributed by atoms with van der Waals surface area (Å²) >= 11 is 7.77. The smallest absolute Gasteiger partial charge is 0.267 e. The van der Waals surface area contributed by atoms with Gasteiger partial charge in [-0.25, -0.2) is 4.98 Å². The molecule has 0 fully saturated rings. The Hall–Kier alpha value is -1.72. The summed E-state index contributed by atoms with van der Waals surface area (Å²) < 4.78 is 5.53. The van der Waals surface area contributed by atoms with Crippen molar-refractivity contribution in [3.8, 4) is 11.6 Å². The predicted octanol–water partition coefficient (Wildman–Crippen LogP) is 3.52. The van der Waals surface area contributed by atoms with Crippen molar-refractivity contribution in [1.82, 2.24) is 15.2 Å². The SMILES string of the molecule is ClC(c1ccccc1)c1nnc(-c2cscn2)o1. The van der Waals surface area contributed by atoms with E-state index in [0.29, 0.717) is 17.5 Å². The maximum Gasteiger partial charge on any atom is 0.267 e. The summed E-state index contributed by atoms with van der Waals surface area (Å²) in [6, 6.07) is 9.61. The van der Waals surface area contributed by atoms with Crippen LogP contribution in [0.15, 0.2) is 45.6 Å². The van der Waals surface area contributed by atoms with Crippen molar-refractivity contribution in [3.05, 3.63) is 52.7 Å². The van der Waals surface area contributed by atoms with Gasteiger partial charge in [0.2, 0.25) is 5.89 Å². The van der Waals surface area contributed by atoms with Gasteiger partial charge in [-0.1, -0.05) is 30.3 Å². The van der Waals surface area contributed by atoms with E-state index in [9.17, 15) is 0 Å². The van der Waals surface area contributed by atoms with E-state index in [1.54, 1.807) is 5.51 Å². The average molecular weight is 278 g/mol. The highest BCUT2D eigenvalue weighted by Crippen LogP contribution is 2.29. The molecule has 2 heterocycles. The van der Waals surface area contributed by atoms with Crippen molar-refractivity contribution in [3.63, 3.8) is 0 Å². The number of hydrogen-bond acceptors (Lipinski definition) is 5. The fraction of sp³-hybridized carbons (Fsp3) is 0.0833. The van der Waals surface area contributed by atoms with E-state index in [0.717, 1.165) is 5.56 Å². The molecule has 0 aliphatic rings. The molecule has 0 N–H and O–H groups in total. The number of nitrogens with zero attached hydrogens (tertiary/aromatic N) is 3. The molecular weight excluding hydrogens is 270 g/mol. The number of benzene rings is 1. The van der Waals surface area contributed by atoms with Crippen LogP contribution in [0.5, 0.6) is 0 Å². The Morgan fingerprint density at radius 3 is 2.72 bits per heavy atom. The van der Waals surface area contributed by atoms with Crippen molar-refractivity contribution < 1.29 is 4.42 Å². The van der Waals surface area contributed by atoms with Crippen LogP contribution in [-0.2, 0) is 0 Å². The minimum atomic E-state index is -0.439. The molecule has 1 aromatic carbocycles. The highest BCUT2D eigenvalue weighted by Gasteiger charge is 2.19. The van der Waals surface area contributed by atoms with Gasteiger partial charge in [0, 0.05) is 5.38 Å². The number of alkyl halides is 1. The third kappa shape index (κ3) is 2.14. The third-order valence-electron chi connectivity index (χ3n) is 2.40. The Labute approximate surface area is 112 Å². The molecule has 0 aliphatic carbocycles. The first kappa shape index (κ1) is 11.4. The number of aromatic nitrogens is 3. The lowest BCUT2D eigenvalue weighted by molar-refractivity contribution is 0.512. The number of thiazole rings is 1. The minimum absolute atomic E-state index is 0.380. The van der Waals surface area contributed by atoms with Crippen molar-refractivity contribution in [2.24, 2.45) is 0 Å². The minimum Gasteiger partial charge on any atom is -0.417 e. The summed E-state index contributed by atoms with van der Waals surface area (Å²) in [5, 5.41) is 9.32. The molecule has 0 radical (unpaired) electrons. The van der Waals surface area contributed by atoms with Gasteiger partial charge in [0.15, 0.2) is 0 Å². The van der Waals surface area contributed by atoms with Crippen LogP contribution in [-0.4, -0.2) is 15.2 Å². The van der Waals surface area contributed by atoms with E-state index in [4.69, 9.17) is 16.0 Å². The van der Waals surface area contributed by atoms with Gasteiger partial charge in [-0.15, -0.1) is 33.1 Å². The highest BCUT2D eigenvalue weighted by molar-refractivity contribution is 7.07. The Morgan fingerprint density at radius 1 is 1.17 bits per heavy atom. The molecule has 0 aliphatic heterocycles. The predicted molar refractivity (Wildman–Crippen MR) is 69.5 cm³/mol. The van der Waals surface area contributed by atoms with Crippen LogP contribution in [0.1, 0.15) is 16.8 Å². The zero-order valence-corrected chi connectivity index (χ0v) is 10.7. The molecule has 90 valence electrons. The molecule has 0 saturated heterocycles. The normalized spacial score (nSPS) is 12.5. The standard InChI is InChI=1S/C12H8ClN3OS/c13-10(8-4-2-1-3-5-8)12-16-15-11(17-12)9-6-18-7-14-9/h1-7,10H. The summed E-state index contributed by atoms with van der Waals surface area (Å²) in [5.41, 5.74) is 3.32. The van der Waals surface area contributed by atoms with Gasteiger partial charge < -0.3 is 4.42 Å². The van der Waals surface area contributed by atoms with Crippen molar-refractivity contribution in [2.75, 3.05) is 0 Å². The van der Waals surface area contributed by atoms with Gasteiger partial charge in [-0.05, 0) is 5.56 Å². The fourth-order valence-corrected chi connectivity index (χ4v) is 2.28. The molecule has 18 heavy (non-hydrogen) atoms. The Kier molecular flexibility index (Phi) is 3.08. The molecule has 4 nitrogen and oxygen atoms in total. The van der Waals surface area contributed by atoms with Crippen molar-refractivity contribution >= 4 is 22.9 Å². The Morgan fingerprint density at radius 2 is 2.00 bits per heavy atom. The lowest BCUT2D eigenvalue weighted by Crippen LogP contribution is -1.92. The van der Waals surface area contributed by atoms with Crippen molar-refractivity contribution in [1.29, 1.82) is 0 Å². The van der Waals surface area contributed by atoms with Gasteiger partial charge in [-0.3, -0.25) is 0 Å². The molecule has 3 rings (SSSR count). The molecule has 1 atom stereocenters. The summed E-state index contributed by atoms with van der Waals surface area (Å²) in [4.78, 5) is 4.11. The maximum absolute atomic E-state index is 6.29. The maximum atomic E-state index is 6.29. The first-order valence-electron chi connectivity index (χ1n) is 5.25. The van der Waals surface area contributed by atoms with E-state index >= 15 is 0 Å². The quantitative estimate of drug-likeness (QED) is 0.687. The van der Waals surface area contributed by atoms with Crippen LogP contribution >= 0.6 is 22.9 Å². The summed E-state index contributed by atoms with van der Waals surface area (Å²) in [5.74, 6) is 0.777. The first-order valence-corrected chi connectivity index (χ1v) is 6.63. The molecule has 0 saturated carbocycles. The summed E-state index contributed by atoms with van der Waals surface area (Å²) in [7, 11) is 0. The lowest BCUT2D eigenvalue weighted by atomic mass is 10.1. The molecular formula is C12H8ClN3OS. The molecule has 0 spiro atoms. The fourth-order valence-electron chi connectivity index (χ4n) is 1.52. The number of halogens is 1. The van der Waals surface area contributed by atoms with E-state index in [1.807, 2.05) is 35.7 Å². The van der Waals surface area contributed by atoms with E-state index in [1.165, 1.54) is 11.3 Å². The van der Waals surface area contributed by atoms with Gasteiger partial charge >= 0.3 is 0 Å². The van der Waals surface area contributed by atoms with Crippen LogP contribution in [0.4, 0.5) is 0 Å². The second kappa shape index (κ2) is 4.88. The van der Waals surface area contributed by atoms with Crippen LogP contribution in [0.25, 0.3) is 11.6 Å². The highest BCUT2D eigenvalue weighted by atomic mass is 35.5. The van der Waals surface area contributed by atoms with Gasteiger partial charge in [-0.2, -0.15) is 0 Å². The Balaban J connectivity index is 1.90. The third-order valence-corrected chi connectivity index (χ3v) is 3.43. The summed E-state index contributed by atoms with van der Waals surface area (Å²) in [6.45, 7) is 0. The zero-order chi connectivity index (χ0) is 12.4. The molecule has 3 aromatic rings. The zero-order valence-electron chi connectivity index (χ0n) is 9.15. The van der Waals surface area contributed by atoms with Gasteiger partial charge in [0.1, 0.15) is 11.1 Å². The van der Waals surface area contributed by atoms with Gasteiger partial charge in [0.05, 0.1) is 5.51 Å². The molecule has 1 unspecified atom stereocenters. The Bertz CT molecular complexity index is 624. The molecule has 0 amide bonds. The first-order chi connectivity index (χ1) is 8.84.